The van der Waals surface area contributed by atoms with Gasteiger partial charge < -0.3 is 9.73 Å². The lowest BCUT2D eigenvalue weighted by Gasteiger charge is -2.11. The van der Waals surface area contributed by atoms with Gasteiger partial charge in [0.1, 0.15) is 0 Å². The molecule has 0 aromatic carbocycles. The molecule has 1 unspecified atom stereocenters. The van der Waals surface area contributed by atoms with E-state index in [-0.39, 0.29) is 6.04 Å². The van der Waals surface area contributed by atoms with Crippen LogP contribution in [0.25, 0.3) is 0 Å². The number of tetrazole rings is 1. The van der Waals surface area contributed by atoms with E-state index in [1.807, 2.05) is 13.1 Å². The first-order chi connectivity index (χ1) is 7.29. The van der Waals surface area contributed by atoms with Crippen LogP contribution in [0.15, 0.2) is 23.0 Å². The van der Waals surface area contributed by atoms with Crippen LogP contribution >= 0.6 is 0 Å². The van der Waals surface area contributed by atoms with E-state index in [0.717, 1.165) is 11.4 Å². The molecule has 0 fully saturated rings. The first-order valence-electron chi connectivity index (χ1n) is 4.72. The Morgan fingerprint density at radius 3 is 3.00 bits per heavy atom. The fourth-order valence-corrected chi connectivity index (χ4v) is 1.45. The molecule has 0 aliphatic rings. The number of hydrogen-bond donors (Lipinski definition) is 1. The molecule has 15 heavy (non-hydrogen) atoms. The van der Waals surface area contributed by atoms with Gasteiger partial charge in [0.05, 0.1) is 19.6 Å². The maximum absolute atomic E-state index is 5.04. The highest BCUT2D eigenvalue weighted by Gasteiger charge is 2.13. The van der Waals surface area contributed by atoms with E-state index >= 15 is 0 Å². The number of furan rings is 1. The molecule has 1 atom stereocenters. The van der Waals surface area contributed by atoms with Crippen LogP contribution in [0, 0.1) is 0 Å². The van der Waals surface area contributed by atoms with Crippen molar-refractivity contribution in [3.8, 4) is 0 Å². The molecule has 6 heteroatoms. The van der Waals surface area contributed by atoms with Crippen molar-refractivity contribution in [3.63, 3.8) is 0 Å². The minimum atomic E-state index is 0.160. The molecule has 0 aliphatic carbocycles. The summed E-state index contributed by atoms with van der Waals surface area (Å²) in [4.78, 5) is 1.46. The van der Waals surface area contributed by atoms with Crippen LogP contribution < -0.4 is 5.32 Å². The first-order valence-corrected chi connectivity index (χ1v) is 4.72. The summed E-state index contributed by atoms with van der Waals surface area (Å²) in [6.45, 7) is 0. The fourth-order valence-electron chi connectivity index (χ4n) is 1.45. The van der Waals surface area contributed by atoms with Crippen LogP contribution in [0.5, 0.6) is 0 Å². The molecule has 1 N–H and O–H groups in total. The summed E-state index contributed by atoms with van der Waals surface area (Å²) in [6.07, 6.45) is 4.07. The Hall–Kier alpha value is -1.69. The number of hydrogen-bond acceptors (Lipinski definition) is 5. The lowest BCUT2D eigenvalue weighted by Crippen LogP contribution is -2.18. The Balaban J connectivity index is 2.09. The highest BCUT2D eigenvalue weighted by atomic mass is 16.3. The topological polar surface area (TPSA) is 68.8 Å². The molecule has 2 aromatic heterocycles. The van der Waals surface area contributed by atoms with Crippen LogP contribution in [-0.4, -0.2) is 27.3 Å². The van der Waals surface area contributed by atoms with Crippen LogP contribution in [-0.2, 0) is 13.5 Å². The Morgan fingerprint density at radius 2 is 2.47 bits per heavy atom. The summed E-state index contributed by atoms with van der Waals surface area (Å²) >= 11 is 0. The minimum Gasteiger partial charge on any atom is -0.472 e. The second-order valence-electron chi connectivity index (χ2n) is 3.30. The van der Waals surface area contributed by atoms with Crippen molar-refractivity contribution in [1.82, 2.24) is 25.5 Å². The van der Waals surface area contributed by atoms with E-state index in [9.17, 15) is 0 Å². The van der Waals surface area contributed by atoms with Gasteiger partial charge in [0, 0.05) is 18.0 Å². The molecular weight excluding hydrogens is 194 g/mol. The zero-order valence-corrected chi connectivity index (χ0v) is 8.71. The fraction of sp³-hybridized carbons (Fsp3) is 0.444. The van der Waals surface area contributed by atoms with Gasteiger partial charge in [-0.25, -0.2) is 0 Å². The van der Waals surface area contributed by atoms with Gasteiger partial charge in [-0.1, -0.05) is 0 Å². The Bertz CT molecular complexity index is 408. The third-order valence-corrected chi connectivity index (χ3v) is 2.23. The van der Waals surface area contributed by atoms with Gasteiger partial charge in [-0.3, -0.25) is 0 Å². The van der Waals surface area contributed by atoms with E-state index in [1.54, 1.807) is 19.6 Å². The molecule has 6 nitrogen and oxygen atoms in total. The molecule has 0 aliphatic heterocycles. The summed E-state index contributed by atoms with van der Waals surface area (Å²) in [5, 5.41) is 15.1. The van der Waals surface area contributed by atoms with E-state index in [0.29, 0.717) is 6.42 Å². The summed E-state index contributed by atoms with van der Waals surface area (Å²) in [5.74, 6) is 0.720. The Morgan fingerprint density at radius 1 is 1.60 bits per heavy atom. The SMILES string of the molecule is CNC(Cc1nnn(C)n1)c1ccoc1. The summed E-state index contributed by atoms with van der Waals surface area (Å²) in [5.41, 5.74) is 1.09. The maximum Gasteiger partial charge on any atom is 0.176 e. The number of aryl methyl sites for hydroxylation is 1. The predicted octanol–water partition coefficient (Wildman–Crippen LogP) is 0.306. The lowest BCUT2D eigenvalue weighted by atomic mass is 10.1. The van der Waals surface area contributed by atoms with Gasteiger partial charge in [0.15, 0.2) is 5.82 Å². The second kappa shape index (κ2) is 4.22. The molecule has 0 spiro atoms. The number of nitrogens with one attached hydrogen (secondary N) is 1. The smallest absolute Gasteiger partial charge is 0.176 e. The molecular formula is C9H13N5O. The largest absolute Gasteiger partial charge is 0.472 e. The van der Waals surface area contributed by atoms with E-state index in [1.165, 1.54) is 4.80 Å². The monoisotopic (exact) mass is 207 g/mol. The third kappa shape index (κ3) is 2.21. The summed E-state index contributed by atoms with van der Waals surface area (Å²) in [6, 6.07) is 2.09. The molecule has 0 amide bonds. The van der Waals surface area contributed by atoms with Crippen molar-refractivity contribution < 1.29 is 4.42 Å². The molecule has 0 saturated heterocycles. The minimum absolute atomic E-state index is 0.160. The van der Waals surface area contributed by atoms with Gasteiger partial charge >= 0.3 is 0 Å². The maximum atomic E-state index is 5.04. The van der Waals surface area contributed by atoms with Crippen molar-refractivity contribution >= 4 is 0 Å². The number of likely N-dealkylation sites (N-methyl/N-ethyl adjacent to an activating group) is 1. The van der Waals surface area contributed by atoms with Gasteiger partial charge in [0.25, 0.3) is 0 Å². The molecule has 2 rings (SSSR count). The Kier molecular flexibility index (Phi) is 2.77. The van der Waals surface area contributed by atoms with Crippen LogP contribution in [0.4, 0.5) is 0 Å². The average molecular weight is 207 g/mol. The van der Waals surface area contributed by atoms with Crippen molar-refractivity contribution in [1.29, 1.82) is 0 Å². The molecule has 0 saturated carbocycles. The van der Waals surface area contributed by atoms with E-state index in [4.69, 9.17) is 4.42 Å². The zero-order chi connectivity index (χ0) is 10.7. The van der Waals surface area contributed by atoms with Crippen molar-refractivity contribution in [2.75, 3.05) is 7.05 Å². The van der Waals surface area contributed by atoms with Gasteiger partial charge in [-0.15, -0.1) is 10.2 Å². The summed E-state index contributed by atoms with van der Waals surface area (Å²) < 4.78 is 5.04. The van der Waals surface area contributed by atoms with Gasteiger partial charge in [-0.05, 0) is 18.3 Å². The Labute approximate surface area is 87.3 Å². The van der Waals surface area contributed by atoms with Crippen molar-refractivity contribution in [2.24, 2.45) is 7.05 Å². The second-order valence-corrected chi connectivity index (χ2v) is 3.30. The normalized spacial score (nSPS) is 12.9. The lowest BCUT2D eigenvalue weighted by molar-refractivity contribution is 0.535. The van der Waals surface area contributed by atoms with Crippen LogP contribution in [0.3, 0.4) is 0 Å². The van der Waals surface area contributed by atoms with Crippen LogP contribution in [0.1, 0.15) is 17.4 Å². The molecule has 2 heterocycles. The standard InChI is InChI=1S/C9H13N5O/c1-10-8(7-3-4-15-6-7)5-9-11-13-14(2)12-9/h3-4,6,8,10H,5H2,1-2H3. The van der Waals surface area contributed by atoms with Gasteiger partial charge in [0.2, 0.25) is 0 Å². The first kappa shape index (κ1) is 9.85. The van der Waals surface area contributed by atoms with Gasteiger partial charge in [-0.2, -0.15) is 4.80 Å². The molecule has 80 valence electrons. The highest BCUT2D eigenvalue weighted by Crippen LogP contribution is 2.15. The van der Waals surface area contributed by atoms with Crippen molar-refractivity contribution in [3.05, 3.63) is 30.0 Å². The highest BCUT2D eigenvalue weighted by molar-refractivity contribution is 5.12. The number of nitrogens with zero attached hydrogens (tertiary/aromatic N) is 4. The van der Waals surface area contributed by atoms with E-state index < -0.39 is 0 Å². The third-order valence-electron chi connectivity index (χ3n) is 2.23. The molecule has 2 aromatic rings. The zero-order valence-electron chi connectivity index (χ0n) is 8.71. The average Bonchev–Trinajstić information content (AvgIpc) is 2.85. The van der Waals surface area contributed by atoms with E-state index in [2.05, 4.69) is 20.7 Å². The molecule has 0 bridgehead atoms. The van der Waals surface area contributed by atoms with Crippen LogP contribution in [0.2, 0.25) is 0 Å². The quantitative estimate of drug-likeness (QED) is 0.781. The number of aromatic nitrogens is 4. The molecule has 0 radical (unpaired) electrons. The predicted molar refractivity (Wildman–Crippen MR) is 53.0 cm³/mol. The summed E-state index contributed by atoms with van der Waals surface area (Å²) in [7, 11) is 3.65. The number of rotatable bonds is 4. The van der Waals surface area contributed by atoms with Crippen molar-refractivity contribution in [2.45, 2.75) is 12.5 Å².